The van der Waals surface area contributed by atoms with E-state index in [1.54, 1.807) is 6.92 Å². The molecule has 1 atom stereocenters. The number of methoxy groups -OCH3 is 3. The highest BCUT2D eigenvalue weighted by Gasteiger charge is 2.42. The number of esters is 1. The number of hydrogen-bond donors (Lipinski definition) is 0. The molecule has 7 nitrogen and oxygen atoms in total. The summed E-state index contributed by atoms with van der Waals surface area (Å²) in [5.41, 5.74) is 1.22. The van der Waals surface area contributed by atoms with Crippen LogP contribution in [0.15, 0.2) is 18.2 Å². The van der Waals surface area contributed by atoms with E-state index in [-0.39, 0.29) is 45.1 Å². The Morgan fingerprint density at radius 2 is 1.52 bits per heavy atom. The Morgan fingerprint density at radius 1 is 0.815 bits per heavy atom. The van der Waals surface area contributed by atoms with Gasteiger partial charge in [-0.25, -0.2) is 4.79 Å². The van der Waals surface area contributed by atoms with Crippen LogP contribution in [0.1, 0.15) is 60.8 Å². The lowest BCUT2D eigenvalue weighted by Gasteiger charge is -2.23. The molecule has 7 heteroatoms. The van der Waals surface area contributed by atoms with Crippen molar-refractivity contribution in [2.45, 2.75) is 13.0 Å². The molecule has 0 radical (unpaired) electrons. The second-order valence-electron chi connectivity index (χ2n) is 6.25. The van der Waals surface area contributed by atoms with E-state index in [2.05, 4.69) is 0 Å². The van der Waals surface area contributed by atoms with Crippen LogP contribution in [0.4, 0.5) is 0 Å². The number of cyclic esters (lactones) is 1. The molecule has 2 aromatic rings. The summed E-state index contributed by atoms with van der Waals surface area (Å²) in [7, 11) is 4.22. The van der Waals surface area contributed by atoms with E-state index in [0.29, 0.717) is 11.3 Å². The fraction of sp³-hybridized carbons (Fsp3) is 0.250. The van der Waals surface area contributed by atoms with Gasteiger partial charge >= 0.3 is 5.97 Å². The summed E-state index contributed by atoms with van der Waals surface area (Å²) in [5.74, 6) is -0.735. The minimum Gasteiger partial charge on any atom is -0.497 e. The molecule has 1 aliphatic carbocycles. The predicted molar refractivity (Wildman–Crippen MR) is 93.2 cm³/mol. The van der Waals surface area contributed by atoms with E-state index in [0.717, 1.165) is 0 Å². The van der Waals surface area contributed by atoms with Crippen molar-refractivity contribution in [2.75, 3.05) is 21.3 Å². The van der Waals surface area contributed by atoms with Crippen molar-refractivity contribution in [1.82, 2.24) is 0 Å². The highest BCUT2D eigenvalue weighted by atomic mass is 16.6. The zero-order valence-electron chi connectivity index (χ0n) is 15.2. The molecule has 1 aliphatic heterocycles. The van der Waals surface area contributed by atoms with Gasteiger partial charge in [0.05, 0.1) is 32.5 Å². The molecule has 0 amide bonds. The monoisotopic (exact) mass is 368 g/mol. The fourth-order valence-electron chi connectivity index (χ4n) is 3.65. The summed E-state index contributed by atoms with van der Waals surface area (Å²) >= 11 is 0. The van der Waals surface area contributed by atoms with Gasteiger partial charge in [0.25, 0.3) is 0 Å². The predicted octanol–water partition coefficient (Wildman–Crippen LogP) is 2.72. The SMILES string of the molecule is COc1cc(OC)c2c(c1)C(=O)c1cc3c(c(OC)c1C2=O)C(=O)OC3C. The van der Waals surface area contributed by atoms with E-state index in [9.17, 15) is 14.4 Å². The molecule has 2 aliphatic rings. The lowest BCUT2D eigenvalue weighted by molar-refractivity contribution is 0.0420. The molecule has 1 heterocycles. The Hall–Kier alpha value is -3.35. The second-order valence-corrected chi connectivity index (χ2v) is 6.25. The van der Waals surface area contributed by atoms with Gasteiger partial charge in [0.1, 0.15) is 28.9 Å². The van der Waals surface area contributed by atoms with E-state index < -0.39 is 17.9 Å². The van der Waals surface area contributed by atoms with Crippen molar-refractivity contribution in [3.8, 4) is 17.2 Å². The maximum atomic E-state index is 13.3. The van der Waals surface area contributed by atoms with Gasteiger partial charge in [-0.3, -0.25) is 9.59 Å². The molecule has 0 bridgehead atoms. The highest BCUT2D eigenvalue weighted by Crippen LogP contribution is 2.45. The van der Waals surface area contributed by atoms with Crippen molar-refractivity contribution in [3.05, 3.63) is 51.6 Å². The van der Waals surface area contributed by atoms with E-state index in [1.165, 1.54) is 39.5 Å². The molecular formula is C20H16O7. The van der Waals surface area contributed by atoms with Crippen LogP contribution in [0.25, 0.3) is 0 Å². The van der Waals surface area contributed by atoms with Crippen LogP contribution in [0.5, 0.6) is 17.2 Å². The average Bonchev–Trinajstić information content (AvgIpc) is 2.97. The van der Waals surface area contributed by atoms with E-state index in [1.807, 2.05) is 0 Å². The first kappa shape index (κ1) is 17.1. The molecule has 4 rings (SSSR count). The Bertz CT molecular complexity index is 1040. The molecule has 0 saturated carbocycles. The Morgan fingerprint density at radius 3 is 2.15 bits per heavy atom. The first-order valence-electron chi connectivity index (χ1n) is 8.24. The van der Waals surface area contributed by atoms with Crippen LogP contribution in [-0.2, 0) is 4.74 Å². The Balaban J connectivity index is 2.07. The zero-order valence-corrected chi connectivity index (χ0v) is 15.2. The number of carbonyl (C=O) groups is 3. The van der Waals surface area contributed by atoms with Gasteiger partial charge in [-0.2, -0.15) is 0 Å². The summed E-state index contributed by atoms with van der Waals surface area (Å²) < 4.78 is 21.1. The largest absolute Gasteiger partial charge is 0.497 e. The summed E-state index contributed by atoms with van der Waals surface area (Å²) in [4.78, 5) is 38.7. The molecule has 0 spiro atoms. The minimum absolute atomic E-state index is 0.0447. The average molecular weight is 368 g/mol. The lowest BCUT2D eigenvalue weighted by Crippen LogP contribution is -2.24. The first-order chi connectivity index (χ1) is 12.9. The van der Waals surface area contributed by atoms with Gasteiger partial charge < -0.3 is 18.9 Å². The van der Waals surface area contributed by atoms with Crippen molar-refractivity contribution in [3.63, 3.8) is 0 Å². The topological polar surface area (TPSA) is 88.1 Å². The molecule has 0 aromatic heterocycles. The number of hydrogen-bond acceptors (Lipinski definition) is 7. The standard InChI is InChI=1S/C20H16O7/c1-8-10-7-12-15(19(26-4)16(10)20(23)27-8)18(22)14-11(17(12)21)5-9(24-2)6-13(14)25-3/h5-8H,1-4H3. The van der Waals surface area contributed by atoms with Gasteiger partial charge in [0.15, 0.2) is 5.78 Å². The van der Waals surface area contributed by atoms with Crippen LogP contribution in [0.2, 0.25) is 0 Å². The van der Waals surface area contributed by atoms with Crippen LogP contribution >= 0.6 is 0 Å². The first-order valence-corrected chi connectivity index (χ1v) is 8.24. The van der Waals surface area contributed by atoms with Crippen molar-refractivity contribution in [2.24, 2.45) is 0 Å². The number of ketones is 2. The van der Waals surface area contributed by atoms with Gasteiger partial charge in [0, 0.05) is 22.8 Å². The molecule has 2 aromatic carbocycles. The number of benzene rings is 2. The number of fused-ring (bicyclic) bond motifs is 3. The van der Waals surface area contributed by atoms with Crippen molar-refractivity contribution >= 4 is 17.5 Å². The molecule has 138 valence electrons. The van der Waals surface area contributed by atoms with Crippen molar-refractivity contribution in [1.29, 1.82) is 0 Å². The normalized spacial score (nSPS) is 17.0. The molecule has 0 saturated heterocycles. The summed E-state index contributed by atoms with van der Waals surface area (Å²) in [6.45, 7) is 1.70. The van der Waals surface area contributed by atoms with Crippen LogP contribution < -0.4 is 14.2 Å². The van der Waals surface area contributed by atoms with Gasteiger partial charge in [-0.15, -0.1) is 0 Å². The second kappa shape index (κ2) is 5.84. The number of carbonyl (C=O) groups excluding carboxylic acids is 3. The molecular weight excluding hydrogens is 352 g/mol. The number of rotatable bonds is 3. The minimum atomic E-state index is -0.579. The Kier molecular flexibility index (Phi) is 3.69. The van der Waals surface area contributed by atoms with Crippen LogP contribution in [0, 0.1) is 0 Å². The smallest absolute Gasteiger partial charge is 0.342 e. The van der Waals surface area contributed by atoms with Crippen LogP contribution in [-0.4, -0.2) is 38.9 Å². The van der Waals surface area contributed by atoms with Crippen LogP contribution in [0.3, 0.4) is 0 Å². The molecule has 27 heavy (non-hydrogen) atoms. The number of ether oxygens (including phenoxy) is 4. The zero-order chi connectivity index (χ0) is 19.5. The summed E-state index contributed by atoms with van der Waals surface area (Å²) in [6.07, 6.45) is -0.532. The quantitative estimate of drug-likeness (QED) is 0.657. The molecule has 1 unspecified atom stereocenters. The van der Waals surface area contributed by atoms with E-state index in [4.69, 9.17) is 18.9 Å². The third-order valence-electron chi connectivity index (χ3n) is 4.92. The lowest BCUT2D eigenvalue weighted by atomic mass is 9.80. The maximum Gasteiger partial charge on any atom is 0.342 e. The van der Waals surface area contributed by atoms with E-state index >= 15 is 0 Å². The summed E-state index contributed by atoms with van der Waals surface area (Å²) in [6, 6.07) is 4.58. The van der Waals surface area contributed by atoms with Gasteiger partial charge in [-0.05, 0) is 19.1 Å². The van der Waals surface area contributed by atoms with Crippen molar-refractivity contribution < 1.29 is 33.3 Å². The summed E-state index contributed by atoms with van der Waals surface area (Å²) in [5, 5.41) is 0. The van der Waals surface area contributed by atoms with Gasteiger partial charge in [0.2, 0.25) is 5.78 Å². The van der Waals surface area contributed by atoms with Gasteiger partial charge in [-0.1, -0.05) is 0 Å². The maximum absolute atomic E-state index is 13.3. The third-order valence-corrected chi connectivity index (χ3v) is 4.92. The Labute approximate surface area is 154 Å². The fourth-order valence-corrected chi connectivity index (χ4v) is 3.65. The molecule has 0 fully saturated rings. The highest BCUT2D eigenvalue weighted by molar-refractivity contribution is 6.31. The third kappa shape index (κ3) is 2.17. The molecule has 0 N–H and O–H groups in total.